The minimum Gasteiger partial charge on any atom is -0.463 e. The van der Waals surface area contributed by atoms with E-state index in [2.05, 4.69) is 15.3 Å². The Morgan fingerprint density at radius 2 is 1.86 bits per heavy atom. The minimum atomic E-state index is -4.92. The third-order valence-electron chi connectivity index (χ3n) is 7.26. The van der Waals surface area contributed by atoms with Crippen molar-refractivity contribution in [3.8, 4) is 11.1 Å². The smallest absolute Gasteiger partial charge is 0.434 e. The van der Waals surface area contributed by atoms with Crippen LogP contribution in [0.5, 0.6) is 0 Å². The molecule has 0 unspecified atom stereocenters. The lowest BCUT2D eigenvalue weighted by Crippen LogP contribution is -2.31. The molecule has 2 amide bonds. The lowest BCUT2D eigenvalue weighted by molar-refractivity contribution is -0.140. The molecule has 2 aromatic heterocycles. The Morgan fingerprint density at radius 3 is 2.51 bits per heavy atom. The number of nitrogens with one attached hydrogen (secondary N) is 1. The molecular weight excluding hydrogens is 573 g/mol. The second-order valence-electron chi connectivity index (χ2n) is 10.4. The molecule has 13 heteroatoms. The van der Waals surface area contributed by atoms with E-state index in [9.17, 15) is 32.3 Å². The molecule has 1 aliphatic carbocycles. The summed E-state index contributed by atoms with van der Waals surface area (Å²) in [6.07, 6.45) is -0.876. The van der Waals surface area contributed by atoms with Crippen molar-refractivity contribution in [3.05, 3.63) is 106 Å². The van der Waals surface area contributed by atoms with Gasteiger partial charge in [0.2, 0.25) is 5.62 Å². The van der Waals surface area contributed by atoms with Crippen LogP contribution in [0, 0.1) is 24.5 Å². The number of hydrogen-bond acceptors (Lipinski definition) is 3. The lowest BCUT2D eigenvalue weighted by atomic mass is 9.95. The van der Waals surface area contributed by atoms with E-state index in [1.54, 1.807) is 20.0 Å². The molecule has 5 rings (SSSR count). The Balaban J connectivity index is 1.63. The van der Waals surface area contributed by atoms with E-state index >= 15 is 4.39 Å². The Labute approximate surface area is 242 Å². The number of hydrogen-bond donors (Lipinski definition) is 2. The van der Waals surface area contributed by atoms with Crippen LogP contribution in [0.3, 0.4) is 0 Å². The zero-order valence-corrected chi connectivity index (χ0v) is 23.0. The molecule has 2 N–H and O–H groups in total. The number of alkyl halides is 3. The molecule has 4 aromatic rings. The normalized spacial score (nSPS) is 14.5. The number of aromatic nitrogens is 3. The number of aryl methyl sites for hydroxylation is 2. The molecule has 0 spiro atoms. The number of carboxylic acid groups (broad SMARTS) is 1. The number of carbonyl (C=O) groups is 2. The molecule has 0 bridgehead atoms. The van der Waals surface area contributed by atoms with E-state index in [1.165, 1.54) is 51.9 Å². The van der Waals surface area contributed by atoms with E-state index in [4.69, 9.17) is 0 Å². The molecule has 43 heavy (non-hydrogen) atoms. The molecular formula is C30H26F5N5O3. The maximum absolute atomic E-state index is 16.1. The van der Waals surface area contributed by atoms with E-state index in [1.807, 2.05) is 0 Å². The summed E-state index contributed by atoms with van der Waals surface area (Å²) in [7, 11) is 1.55. The molecule has 1 aliphatic rings. The van der Waals surface area contributed by atoms with Crippen LogP contribution in [0.25, 0.3) is 11.1 Å². The van der Waals surface area contributed by atoms with Gasteiger partial charge in [-0.1, -0.05) is 18.2 Å². The summed E-state index contributed by atoms with van der Waals surface area (Å²) < 4.78 is 74.6. The maximum Gasteiger partial charge on any atom is 0.434 e. The summed E-state index contributed by atoms with van der Waals surface area (Å²) in [4.78, 5) is 31.9. The highest BCUT2D eigenvalue weighted by Crippen LogP contribution is 2.42. The molecule has 8 nitrogen and oxygen atoms in total. The highest BCUT2D eigenvalue weighted by molar-refractivity contribution is 5.96. The Hall–Kier alpha value is -4.81. The topological polar surface area (TPSA) is 102 Å². The van der Waals surface area contributed by atoms with E-state index in [-0.39, 0.29) is 23.6 Å². The summed E-state index contributed by atoms with van der Waals surface area (Å²) in [5.74, 6) is -2.45. The van der Waals surface area contributed by atoms with Gasteiger partial charge in [-0.2, -0.15) is 13.2 Å². The first-order valence-electron chi connectivity index (χ1n) is 13.2. The van der Waals surface area contributed by atoms with Gasteiger partial charge >= 0.3 is 12.3 Å². The number of carbonyl (C=O) groups excluding carboxylic acids is 1. The van der Waals surface area contributed by atoms with Crippen molar-refractivity contribution >= 4 is 12.0 Å². The van der Waals surface area contributed by atoms with Crippen LogP contribution < -0.4 is 10.9 Å². The van der Waals surface area contributed by atoms with Gasteiger partial charge in [-0.05, 0) is 66.6 Å². The van der Waals surface area contributed by atoms with Crippen LogP contribution in [0.4, 0.5) is 26.7 Å². The van der Waals surface area contributed by atoms with Crippen molar-refractivity contribution in [2.45, 2.75) is 38.5 Å². The summed E-state index contributed by atoms with van der Waals surface area (Å²) in [6.45, 7) is 1.43. The first-order valence-corrected chi connectivity index (χ1v) is 13.2. The van der Waals surface area contributed by atoms with Crippen molar-refractivity contribution in [2.75, 3.05) is 0 Å². The van der Waals surface area contributed by atoms with Gasteiger partial charge in [0.1, 0.15) is 11.6 Å². The summed E-state index contributed by atoms with van der Waals surface area (Å²) in [5.41, 5.74) is -1.71. The lowest BCUT2D eigenvalue weighted by Gasteiger charge is -2.21. The first-order chi connectivity index (χ1) is 20.3. The highest BCUT2D eigenvalue weighted by atomic mass is 19.4. The number of rotatable bonds is 7. The van der Waals surface area contributed by atoms with Crippen molar-refractivity contribution in [3.63, 3.8) is 0 Å². The Morgan fingerprint density at radius 1 is 1.12 bits per heavy atom. The quantitative estimate of drug-likeness (QED) is 0.255. The summed E-state index contributed by atoms with van der Waals surface area (Å²) in [6, 6.07) is 8.51. The maximum atomic E-state index is 16.1. The number of amides is 2. The average Bonchev–Trinajstić information content (AvgIpc) is 3.74. The van der Waals surface area contributed by atoms with Crippen LogP contribution >= 0.6 is 0 Å². The molecule has 2 heterocycles. The fourth-order valence-corrected chi connectivity index (χ4v) is 5.03. The molecule has 2 aromatic carbocycles. The fraction of sp³-hybridized carbons (Fsp3) is 0.267. The highest BCUT2D eigenvalue weighted by Gasteiger charge is 2.37. The van der Waals surface area contributed by atoms with Crippen molar-refractivity contribution in [2.24, 2.45) is 18.0 Å². The Kier molecular flexibility index (Phi) is 7.91. The second kappa shape index (κ2) is 11.5. The molecule has 0 aliphatic heterocycles. The summed E-state index contributed by atoms with van der Waals surface area (Å²) >= 11 is 0. The number of nitrogens with zero attached hydrogens (tertiary/aromatic N) is 4. The predicted octanol–water partition coefficient (Wildman–Crippen LogP) is 6.00. The van der Waals surface area contributed by atoms with Crippen LogP contribution in [0.1, 0.15) is 51.6 Å². The van der Waals surface area contributed by atoms with Crippen LogP contribution in [0.15, 0.2) is 66.0 Å². The summed E-state index contributed by atoms with van der Waals surface area (Å²) in [5, 5.41) is 12.0. The van der Waals surface area contributed by atoms with Gasteiger partial charge < -0.3 is 19.6 Å². The van der Waals surface area contributed by atoms with E-state index in [0.29, 0.717) is 11.1 Å². The minimum absolute atomic E-state index is 0.00205. The number of pyridine rings is 1. The van der Waals surface area contributed by atoms with Crippen LogP contribution in [0.2, 0.25) is 0 Å². The molecule has 0 saturated heterocycles. The molecule has 1 saturated carbocycles. The zero-order valence-electron chi connectivity index (χ0n) is 23.0. The second-order valence-corrected chi connectivity index (χ2v) is 10.4. The fourth-order valence-electron chi connectivity index (χ4n) is 5.03. The Bertz CT molecular complexity index is 1790. The van der Waals surface area contributed by atoms with Gasteiger partial charge in [0.15, 0.2) is 5.69 Å². The number of imidazole rings is 1. The average molecular weight is 600 g/mol. The van der Waals surface area contributed by atoms with Gasteiger partial charge in [0.05, 0.1) is 18.2 Å². The largest absolute Gasteiger partial charge is 0.463 e. The molecule has 224 valence electrons. The molecule has 1 atom stereocenters. The number of halogens is 5. The van der Waals surface area contributed by atoms with Crippen LogP contribution in [-0.2, 0) is 19.8 Å². The van der Waals surface area contributed by atoms with Crippen molar-refractivity contribution in [1.29, 1.82) is 0 Å². The van der Waals surface area contributed by atoms with Gasteiger partial charge in [-0.3, -0.25) is 9.78 Å². The van der Waals surface area contributed by atoms with Crippen LogP contribution in [-0.4, -0.2) is 31.2 Å². The molecule has 0 radical (unpaired) electrons. The first kappa shape index (κ1) is 29.7. The van der Waals surface area contributed by atoms with E-state index < -0.39 is 58.2 Å². The number of benzene rings is 2. The zero-order chi connectivity index (χ0) is 31.1. The van der Waals surface area contributed by atoms with Crippen molar-refractivity contribution < 1.29 is 36.6 Å². The predicted molar refractivity (Wildman–Crippen MR) is 145 cm³/mol. The SMILES string of the molecule is Cc1cc([C@@H](NC(=O)c2cc(Cn3ccn(C)/c3=N\C(=O)O)cc(-c3cccnc3C(F)(F)F)c2F)C2CC2)ccc1F. The third-order valence-corrected chi connectivity index (χ3v) is 7.26. The van der Waals surface area contributed by atoms with Gasteiger partial charge in [-0.15, -0.1) is 4.99 Å². The van der Waals surface area contributed by atoms with Gasteiger partial charge in [-0.25, -0.2) is 13.6 Å². The third kappa shape index (κ3) is 6.35. The monoisotopic (exact) mass is 599 g/mol. The molecule has 1 fully saturated rings. The van der Waals surface area contributed by atoms with Gasteiger partial charge in [0, 0.05) is 36.8 Å². The van der Waals surface area contributed by atoms with E-state index in [0.717, 1.165) is 25.1 Å². The standard InChI is InChI=1S/C30H26F5N5O3/c1-16-12-19(7-8-23(16)31)25(18-5-6-18)37-27(41)22-14-17(15-40-11-10-39(2)28(40)38-29(42)43)13-21(24(22)32)20-4-3-9-36-26(20)30(33,34)35/h3-4,7-14,18,25H,5-6,15H2,1-2H3,(H,37,41)(H,42,43)/b38-28+/t25-/m0/s1. The van der Waals surface area contributed by atoms with Crippen molar-refractivity contribution in [1.82, 2.24) is 19.4 Å². The van der Waals surface area contributed by atoms with Gasteiger partial charge in [0.25, 0.3) is 5.91 Å².